The standard InChI is InChI=1S/C20H25N3O5S/c1-13-6-3-4-9-20(13)18(26)23(19(27)22-20)11-17(25)28-12-16(24)21-14-7-5-8-15(10-14)29-2/h5,7-8,10,13H,3-4,6,9,11-12H2,1-2H3,(H,21,24)(H,22,27). The summed E-state index contributed by atoms with van der Waals surface area (Å²) in [5.41, 5.74) is -0.324. The third kappa shape index (κ3) is 4.55. The average molecular weight is 420 g/mol. The van der Waals surface area contributed by atoms with Crippen LogP contribution in [0.4, 0.5) is 10.5 Å². The number of benzene rings is 1. The summed E-state index contributed by atoms with van der Waals surface area (Å²) in [5.74, 6) is -1.67. The summed E-state index contributed by atoms with van der Waals surface area (Å²) in [6, 6.07) is 6.69. The fourth-order valence-corrected chi connectivity index (χ4v) is 4.32. The Kier molecular flexibility index (Phi) is 6.46. The maximum atomic E-state index is 12.8. The highest BCUT2D eigenvalue weighted by Gasteiger charge is 2.55. The van der Waals surface area contributed by atoms with E-state index in [-0.39, 0.29) is 11.8 Å². The van der Waals surface area contributed by atoms with E-state index in [1.54, 1.807) is 17.8 Å². The van der Waals surface area contributed by atoms with Crippen LogP contribution in [0.1, 0.15) is 32.6 Å². The Balaban J connectivity index is 1.52. The van der Waals surface area contributed by atoms with E-state index in [0.29, 0.717) is 12.1 Å². The lowest BCUT2D eigenvalue weighted by molar-refractivity contribution is -0.150. The molecule has 1 spiro atoms. The highest BCUT2D eigenvalue weighted by Crippen LogP contribution is 2.38. The van der Waals surface area contributed by atoms with Gasteiger partial charge >= 0.3 is 12.0 Å². The number of carbonyl (C=O) groups excluding carboxylic acids is 4. The molecule has 2 fully saturated rings. The second-order valence-corrected chi connectivity index (χ2v) is 8.26. The fourth-order valence-electron chi connectivity index (χ4n) is 3.86. The van der Waals surface area contributed by atoms with Crippen molar-refractivity contribution in [1.29, 1.82) is 0 Å². The number of urea groups is 1. The van der Waals surface area contributed by atoms with Gasteiger partial charge in [0.15, 0.2) is 6.61 Å². The number of thioether (sulfide) groups is 1. The minimum absolute atomic E-state index is 0.0107. The summed E-state index contributed by atoms with van der Waals surface area (Å²) < 4.78 is 4.96. The summed E-state index contributed by atoms with van der Waals surface area (Å²) in [6.07, 6.45) is 5.22. The molecule has 3 rings (SSSR count). The largest absolute Gasteiger partial charge is 0.454 e. The molecule has 1 aromatic rings. The van der Waals surface area contributed by atoms with Gasteiger partial charge in [0.05, 0.1) is 0 Å². The van der Waals surface area contributed by atoms with Crippen molar-refractivity contribution in [3.8, 4) is 0 Å². The molecule has 1 aliphatic carbocycles. The number of amides is 4. The highest BCUT2D eigenvalue weighted by molar-refractivity contribution is 7.98. The monoisotopic (exact) mass is 419 g/mol. The van der Waals surface area contributed by atoms with E-state index in [2.05, 4.69) is 10.6 Å². The number of rotatable bonds is 6. The molecule has 1 saturated carbocycles. The maximum Gasteiger partial charge on any atom is 0.326 e. The minimum Gasteiger partial charge on any atom is -0.454 e. The first kappa shape index (κ1) is 21.2. The summed E-state index contributed by atoms with van der Waals surface area (Å²) in [6.45, 7) is 0.942. The first-order valence-corrected chi connectivity index (χ1v) is 10.8. The van der Waals surface area contributed by atoms with E-state index < -0.39 is 36.6 Å². The van der Waals surface area contributed by atoms with Crippen LogP contribution in [-0.4, -0.2) is 53.7 Å². The number of imide groups is 1. The molecule has 1 aromatic carbocycles. The van der Waals surface area contributed by atoms with Gasteiger partial charge in [-0.05, 0) is 43.2 Å². The van der Waals surface area contributed by atoms with Crippen LogP contribution in [0.25, 0.3) is 0 Å². The predicted molar refractivity (Wildman–Crippen MR) is 108 cm³/mol. The molecule has 9 heteroatoms. The van der Waals surface area contributed by atoms with Gasteiger partial charge in [-0.25, -0.2) is 4.79 Å². The molecule has 156 valence electrons. The lowest BCUT2D eigenvalue weighted by Crippen LogP contribution is -2.54. The van der Waals surface area contributed by atoms with Gasteiger partial charge in [-0.1, -0.05) is 25.8 Å². The van der Waals surface area contributed by atoms with Crippen molar-refractivity contribution in [2.24, 2.45) is 5.92 Å². The number of esters is 1. The van der Waals surface area contributed by atoms with Crippen molar-refractivity contribution in [3.63, 3.8) is 0 Å². The topological polar surface area (TPSA) is 105 Å². The molecular formula is C20H25N3O5S. The molecule has 0 bridgehead atoms. The summed E-state index contributed by atoms with van der Waals surface area (Å²) in [4.78, 5) is 51.1. The molecule has 29 heavy (non-hydrogen) atoms. The second kappa shape index (κ2) is 8.86. The molecule has 0 aromatic heterocycles. The molecule has 1 aliphatic heterocycles. The van der Waals surface area contributed by atoms with Gasteiger partial charge in [-0.3, -0.25) is 19.3 Å². The van der Waals surface area contributed by atoms with Crippen LogP contribution in [0.5, 0.6) is 0 Å². The molecule has 2 unspecified atom stereocenters. The number of anilines is 1. The number of hydrogen-bond donors (Lipinski definition) is 2. The molecule has 0 radical (unpaired) electrons. The second-order valence-electron chi connectivity index (χ2n) is 7.38. The number of nitrogens with zero attached hydrogens (tertiary/aromatic N) is 1. The minimum atomic E-state index is -0.921. The Morgan fingerprint density at radius 2 is 2.14 bits per heavy atom. The van der Waals surface area contributed by atoms with Crippen LogP contribution in [0.3, 0.4) is 0 Å². The van der Waals surface area contributed by atoms with E-state index in [4.69, 9.17) is 4.74 Å². The van der Waals surface area contributed by atoms with Crippen molar-refractivity contribution in [1.82, 2.24) is 10.2 Å². The van der Waals surface area contributed by atoms with Crippen LogP contribution in [0.2, 0.25) is 0 Å². The van der Waals surface area contributed by atoms with E-state index in [1.807, 2.05) is 31.4 Å². The van der Waals surface area contributed by atoms with Crippen molar-refractivity contribution >= 4 is 41.3 Å². The van der Waals surface area contributed by atoms with Gasteiger partial charge in [0.25, 0.3) is 11.8 Å². The molecule has 4 amide bonds. The number of carbonyl (C=O) groups is 4. The van der Waals surface area contributed by atoms with Crippen LogP contribution in [0.15, 0.2) is 29.2 Å². The highest BCUT2D eigenvalue weighted by atomic mass is 32.2. The SMILES string of the molecule is CSc1cccc(NC(=O)COC(=O)CN2C(=O)NC3(CCCCC3C)C2=O)c1. The Morgan fingerprint density at radius 1 is 1.34 bits per heavy atom. The fraction of sp³-hybridized carbons (Fsp3) is 0.500. The summed E-state index contributed by atoms with van der Waals surface area (Å²) >= 11 is 1.54. The lowest BCUT2D eigenvalue weighted by atomic mass is 9.73. The van der Waals surface area contributed by atoms with E-state index in [0.717, 1.165) is 29.1 Å². The lowest BCUT2D eigenvalue weighted by Gasteiger charge is -2.36. The molecule has 8 nitrogen and oxygen atoms in total. The van der Waals surface area contributed by atoms with Gasteiger partial charge in [-0.2, -0.15) is 0 Å². The van der Waals surface area contributed by atoms with E-state index in [1.165, 1.54) is 0 Å². The molecule has 1 saturated heterocycles. The van der Waals surface area contributed by atoms with Crippen molar-refractivity contribution in [2.45, 2.75) is 43.0 Å². The van der Waals surface area contributed by atoms with Crippen LogP contribution < -0.4 is 10.6 Å². The maximum absolute atomic E-state index is 12.8. The third-order valence-electron chi connectivity index (χ3n) is 5.51. The van der Waals surface area contributed by atoms with Crippen molar-refractivity contribution < 1.29 is 23.9 Å². The van der Waals surface area contributed by atoms with Crippen molar-refractivity contribution in [3.05, 3.63) is 24.3 Å². The number of nitrogens with one attached hydrogen (secondary N) is 2. The Hall–Kier alpha value is -2.55. The summed E-state index contributed by atoms with van der Waals surface area (Å²) in [5, 5.41) is 5.43. The van der Waals surface area contributed by atoms with Crippen LogP contribution in [-0.2, 0) is 19.1 Å². The average Bonchev–Trinajstić information content (AvgIpc) is 2.94. The van der Waals surface area contributed by atoms with E-state index >= 15 is 0 Å². The third-order valence-corrected chi connectivity index (χ3v) is 6.23. The Bertz CT molecular complexity index is 830. The molecule has 1 heterocycles. The zero-order valence-electron chi connectivity index (χ0n) is 16.5. The van der Waals surface area contributed by atoms with Gasteiger partial charge < -0.3 is 15.4 Å². The van der Waals surface area contributed by atoms with E-state index in [9.17, 15) is 19.2 Å². The number of ether oxygens (including phenoxy) is 1. The van der Waals surface area contributed by atoms with Crippen LogP contribution in [0, 0.1) is 5.92 Å². The van der Waals surface area contributed by atoms with Crippen molar-refractivity contribution in [2.75, 3.05) is 24.7 Å². The summed E-state index contributed by atoms with van der Waals surface area (Å²) in [7, 11) is 0. The molecule has 2 atom stereocenters. The van der Waals surface area contributed by atoms with Gasteiger partial charge in [0.2, 0.25) is 0 Å². The first-order valence-electron chi connectivity index (χ1n) is 9.59. The molecular weight excluding hydrogens is 394 g/mol. The first-order chi connectivity index (χ1) is 13.9. The quantitative estimate of drug-likeness (QED) is 0.417. The Labute approximate surface area is 173 Å². The number of hydrogen-bond acceptors (Lipinski definition) is 6. The smallest absolute Gasteiger partial charge is 0.326 e. The zero-order chi connectivity index (χ0) is 21.0. The van der Waals surface area contributed by atoms with Gasteiger partial charge in [0, 0.05) is 10.6 Å². The predicted octanol–water partition coefficient (Wildman–Crippen LogP) is 2.39. The van der Waals surface area contributed by atoms with Crippen LogP contribution >= 0.6 is 11.8 Å². The Morgan fingerprint density at radius 3 is 2.86 bits per heavy atom. The normalized spacial score (nSPS) is 23.8. The van der Waals surface area contributed by atoms with Gasteiger partial charge in [-0.15, -0.1) is 11.8 Å². The molecule has 2 N–H and O–H groups in total. The zero-order valence-corrected chi connectivity index (χ0v) is 17.3. The van der Waals surface area contributed by atoms with Gasteiger partial charge in [0.1, 0.15) is 12.1 Å². The molecule has 2 aliphatic rings.